The molecule has 0 saturated heterocycles. The van der Waals surface area contributed by atoms with Gasteiger partial charge in [0.2, 0.25) is 0 Å². The molecule has 0 heterocycles. The largest absolute Gasteiger partial charge is 0.508 e. The fraction of sp³-hybridized carbons (Fsp3) is 0.333. The fourth-order valence-corrected chi connectivity index (χ4v) is 1.15. The van der Waals surface area contributed by atoms with Crippen LogP contribution in [0, 0.1) is 0 Å². The predicted octanol–water partition coefficient (Wildman–Crippen LogP) is 2.64. The van der Waals surface area contributed by atoms with Crippen LogP contribution < -0.4 is 0 Å². The van der Waals surface area contributed by atoms with Gasteiger partial charge in [-0.2, -0.15) is 13.2 Å². The lowest BCUT2D eigenvalue weighted by Gasteiger charge is -2.19. The van der Waals surface area contributed by atoms with E-state index in [0.29, 0.717) is 0 Å². The molecule has 0 bridgehead atoms. The van der Waals surface area contributed by atoms with Crippen LogP contribution in [-0.4, -0.2) is 18.4 Å². The Morgan fingerprint density at radius 3 is 2.29 bits per heavy atom. The smallest absolute Gasteiger partial charge is 0.418 e. The Balaban J connectivity index is 3.08. The van der Waals surface area contributed by atoms with Crippen LogP contribution in [0.3, 0.4) is 0 Å². The van der Waals surface area contributed by atoms with Crippen LogP contribution >= 0.6 is 0 Å². The van der Waals surface area contributed by atoms with Crippen molar-refractivity contribution in [2.75, 3.05) is 7.11 Å². The van der Waals surface area contributed by atoms with Crippen LogP contribution in [0.4, 0.5) is 13.2 Å². The van der Waals surface area contributed by atoms with Gasteiger partial charge in [0.15, 0.2) is 6.10 Å². The molecule has 0 aliphatic carbocycles. The van der Waals surface area contributed by atoms with E-state index in [9.17, 15) is 18.3 Å². The van der Waals surface area contributed by atoms with Crippen molar-refractivity contribution < 1.29 is 23.0 Å². The summed E-state index contributed by atoms with van der Waals surface area (Å²) in [5.74, 6) is -0.420. The maximum absolute atomic E-state index is 12.3. The lowest BCUT2D eigenvalue weighted by molar-refractivity contribution is -0.216. The number of hydrogen-bond donors (Lipinski definition) is 1. The van der Waals surface area contributed by atoms with Crippen molar-refractivity contribution in [1.82, 2.24) is 0 Å². The fourth-order valence-electron chi connectivity index (χ4n) is 1.15. The maximum atomic E-state index is 12.3. The normalized spacial score (nSPS) is 14.0. The second-order valence-corrected chi connectivity index (χ2v) is 2.72. The second-order valence-electron chi connectivity index (χ2n) is 2.72. The molecular formula is C9H9F3O2. The lowest BCUT2D eigenvalue weighted by atomic mass is 10.1. The Labute approximate surface area is 78.9 Å². The molecule has 1 unspecified atom stereocenters. The van der Waals surface area contributed by atoms with Gasteiger partial charge in [-0.05, 0) is 6.07 Å². The van der Waals surface area contributed by atoms with E-state index in [4.69, 9.17) is 0 Å². The summed E-state index contributed by atoms with van der Waals surface area (Å²) in [6.45, 7) is 0. The van der Waals surface area contributed by atoms with E-state index in [1.54, 1.807) is 0 Å². The van der Waals surface area contributed by atoms with Crippen LogP contribution in [0.5, 0.6) is 5.75 Å². The van der Waals surface area contributed by atoms with Gasteiger partial charge in [0, 0.05) is 12.7 Å². The summed E-state index contributed by atoms with van der Waals surface area (Å²) in [4.78, 5) is 0. The molecule has 0 saturated carbocycles. The van der Waals surface area contributed by atoms with Gasteiger partial charge in [-0.3, -0.25) is 0 Å². The third kappa shape index (κ3) is 2.17. The Morgan fingerprint density at radius 2 is 1.86 bits per heavy atom. The summed E-state index contributed by atoms with van der Waals surface area (Å²) in [5, 5.41) is 9.20. The summed E-state index contributed by atoms with van der Waals surface area (Å²) in [7, 11) is 0.949. The molecule has 1 rings (SSSR count). The minimum atomic E-state index is -4.52. The van der Waals surface area contributed by atoms with Gasteiger partial charge in [-0.1, -0.05) is 18.2 Å². The van der Waals surface area contributed by atoms with Crippen molar-refractivity contribution in [3.05, 3.63) is 29.8 Å². The molecule has 1 atom stereocenters. The minimum Gasteiger partial charge on any atom is -0.508 e. The molecule has 0 aliphatic rings. The first kappa shape index (κ1) is 10.8. The summed E-state index contributed by atoms with van der Waals surface area (Å²) in [6.07, 6.45) is -6.60. The number of halogens is 3. The molecular weight excluding hydrogens is 197 g/mol. The first-order chi connectivity index (χ1) is 6.46. The van der Waals surface area contributed by atoms with Gasteiger partial charge in [0.1, 0.15) is 5.75 Å². The molecule has 14 heavy (non-hydrogen) atoms. The van der Waals surface area contributed by atoms with E-state index in [-0.39, 0.29) is 5.56 Å². The predicted molar refractivity (Wildman–Crippen MR) is 43.9 cm³/mol. The highest BCUT2D eigenvalue weighted by Crippen LogP contribution is 2.38. The SMILES string of the molecule is COC(c1ccccc1O)C(F)(F)F. The van der Waals surface area contributed by atoms with E-state index in [1.165, 1.54) is 24.3 Å². The highest BCUT2D eigenvalue weighted by atomic mass is 19.4. The molecule has 1 aromatic rings. The summed E-state index contributed by atoms with van der Waals surface area (Å²) in [5.41, 5.74) is -0.275. The number of hydrogen-bond acceptors (Lipinski definition) is 2. The molecule has 0 amide bonds. The number of benzene rings is 1. The van der Waals surface area contributed by atoms with E-state index < -0.39 is 18.0 Å². The van der Waals surface area contributed by atoms with Gasteiger partial charge >= 0.3 is 6.18 Å². The van der Waals surface area contributed by atoms with Gasteiger partial charge in [0.25, 0.3) is 0 Å². The Kier molecular flexibility index (Phi) is 3.00. The van der Waals surface area contributed by atoms with Crippen LogP contribution in [0.25, 0.3) is 0 Å². The van der Waals surface area contributed by atoms with Crippen LogP contribution in [0.1, 0.15) is 11.7 Å². The summed E-state index contributed by atoms with van der Waals surface area (Å²) >= 11 is 0. The number of rotatable bonds is 2. The molecule has 0 radical (unpaired) electrons. The van der Waals surface area contributed by atoms with Gasteiger partial charge in [0.05, 0.1) is 0 Å². The average molecular weight is 206 g/mol. The molecule has 2 nitrogen and oxygen atoms in total. The Morgan fingerprint density at radius 1 is 1.29 bits per heavy atom. The van der Waals surface area contributed by atoms with E-state index in [0.717, 1.165) is 7.11 Å². The molecule has 0 fully saturated rings. The first-order valence-electron chi connectivity index (χ1n) is 3.84. The highest BCUT2D eigenvalue weighted by molar-refractivity contribution is 5.34. The van der Waals surface area contributed by atoms with Gasteiger partial charge < -0.3 is 9.84 Å². The van der Waals surface area contributed by atoms with Crippen LogP contribution in [0.2, 0.25) is 0 Å². The van der Waals surface area contributed by atoms with Crippen molar-refractivity contribution in [3.8, 4) is 5.75 Å². The van der Waals surface area contributed by atoms with Crippen LogP contribution in [0.15, 0.2) is 24.3 Å². The summed E-state index contributed by atoms with van der Waals surface area (Å²) in [6, 6.07) is 5.22. The van der Waals surface area contributed by atoms with Gasteiger partial charge in [-0.25, -0.2) is 0 Å². The van der Waals surface area contributed by atoms with E-state index in [2.05, 4.69) is 4.74 Å². The maximum Gasteiger partial charge on any atom is 0.418 e. The Hall–Kier alpha value is -1.23. The lowest BCUT2D eigenvalue weighted by Crippen LogP contribution is -2.22. The molecule has 5 heteroatoms. The second kappa shape index (κ2) is 3.88. The monoisotopic (exact) mass is 206 g/mol. The first-order valence-corrected chi connectivity index (χ1v) is 3.84. The van der Waals surface area contributed by atoms with Gasteiger partial charge in [-0.15, -0.1) is 0 Å². The molecule has 0 aliphatic heterocycles. The zero-order valence-electron chi connectivity index (χ0n) is 7.38. The zero-order valence-corrected chi connectivity index (χ0v) is 7.38. The zero-order chi connectivity index (χ0) is 10.8. The number of alkyl halides is 3. The molecule has 0 spiro atoms. The van der Waals surface area contributed by atoms with Crippen LogP contribution in [-0.2, 0) is 4.74 Å². The van der Waals surface area contributed by atoms with Crippen molar-refractivity contribution >= 4 is 0 Å². The third-order valence-corrected chi connectivity index (χ3v) is 1.75. The Bertz CT molecular complexity index is 309. The van der Waals surface area contributed by atoms with E-state index >= 15 is 0 Å². The van der Waals surface area contributed by atoms with Crippen molar-refractivity contribution in [3.63, 3.8) is 0 Å². The van der Waals surface area contributed by atoms with E-state index in [1.807, 2.05) is 0 Å². The number of methoxy groups -OCH3 is 1. The highest BCUT2D eigenvalue weighted by Gasteiger charge is 2.42. The van der Waals surface area contributed by atoms with Crippen molar-refractivity contribution in [1.29, 1.82) is 0 Å². The third-order valence-electron chi connectivity index (χ3n) is 1.75. The van der Waals surface area contributed by atoms with Crippen molar-refractivity contribution in [2.45, 2.75) is 12.3 Å². The number of ether oxygens (including phenoxy) is 1. The number of phenols is 1. The molecule has 1 aromatic carbocycles. The number of phenolic OH excluding ortho intramolecular Hbond substituents is 1. The number of para-hydroxylation sites is 1. The molecule has 1 N–H and O–H groups in total. The minimum absolute atomic E-state index is 0.275. The standard InChI is InChI=1S/C9H9F3O2/c1-14-8(9(10,11)12)6-4-2-3-5-7(6)13/h2-5,8,13H,1H3. The average Bonchev–Trinajstić information content (AvgIpc) is 2.07. The number of aromatic hydroxyl groups is 1. The van der Waals surface area contributed by atoms with Crippen molar-refractivity contribution in [2.24, 2.45) is 0 Å². The molecule has 78 valence electrons. The molecule has 0 aromatic heterocycles. The topological polar surface area (TPSA) is 29.5 Å². The summed E-state index contributed by atoms with van der Waals surface area (Å²) < 4.78 is 41.3. The quantitative estimate of drug-likeness (QED) is 0.805.